The summed E-state index contributed by atoms with van der Waals surface area (Å²) in [5.74, 6) is 1.46. The van der Waals surface area contributed by atoms with Gasteiger partial charge in [0, 0.05) is 30.7 Å². The van der Waals surface area contributed by atoms with Crippen LogP contribution in [0.2, 0.25) is 0 Å². The standard InChI is InChI=1S/C22H23N3O2/c1-15-10-11-25(13-15)14-17-4-2-6-19-18(17)5-3-7-20(19)27-21-9-8-16(12-24-21)22(23)26/h2-9,12,15H,10-11,13-14H2,1H3,(H2,23,26)/t15-/m0/s1. The van der Waals surface area contributed by atoms with Crippen molar-refractivity contribution in [2.45, 2.75) is 19.9 Å². The molecule has 1 fully saturated rings. The predicted octanol–water partition coefficient (Wildman–Crippen LogP) is 3.97. The van der Waals surface area contributed by atoms with Crippen molar-refractivity contribution in [3.05, 3.63) is 65.9 Å². The summed E-state index contributed by atoms with van der Waals surface area (Å²) in [5.41, 5.74) is 6.93. The average Bonchev–Trinajstić information content (AvgIpc) is 3.08. The molecular formula is C22H23N3O2. The molecule has 5 heteroatoms. The van der Waals surface area contributed by atoms with Gasteiger partial charge in [-0.05, 0) is 42.0 Å². The fraction of sp³-hybridized carbons (Fsp3) is 0.273. The summed E-state index contributed by atoms with van der Waals surface area (Å²) < 4.78 is 5.99. The molecule has 2 N–H and O–H groups in total. The van der Waals surface area contributed by atoms with E-state index in [1.165, 1.54) is 23.6 Å². The van der Waals surface area contributed by atoms with E-state index in [9.17, 15) is 4.79 Å². The lowest BCUT2D eigenvalue weighted by Gasteiger charge is -2.17. The van der Waals surface area contributed by atoms with Crippen molar-refractivity contribution in [1.82, 2.24) is 9.88 Å². The van der Waals surface area contributed by atoms with Gasteiger partial charge in [-0.2, -0.15) is 0 Å². The van der Waals surface area contributed by atoms with Crippen LogP contribution in [0.4, 0.5) is 0 Å². The third-order valence-corrected chi connectivity index (χ3v) is 5.11. The summed E-state index contributed by atoms with van der Waals surface area (Å²) in [7, 11) is 0. The summed E-state index contributed by atoms with van der Waals surface area (Å²) in [6.07, 6.45) is 2.70. The molecule has 3 aromatic rings. The number of aromatic nitrogens is 1. The minimum absolute atomic E-state index is 0.363. The zero-order valence-corrected chi connectivity index (χ0v) is 15.4. The smallest absolute Gasteiger partial charge is 0.250 e. The average molecular weight is 361 g/mol. The molecule has 1 amide bonds. The number of primary amides is 1. The quantitative estimate of drug-likeness (QED) is 0.747. The van der Waals surface area contributed by atoms with Gasteiger partial charge in [-0.25, -0.2) is 4.98 Å². The number of nitrogens with two attached hydrogens (primary N) is 1. The minimum atomic E-state index is -0.500. The van der Waals surface area contributed by atoms with Crippen LogP contribution in [0.15, 0.2) is 54.7 Å². The van der Waals surface area contributed by atoms with Gasteiger partial charge in [0.2, 0.25) is 11.8 Å². The number of pyridine rings is 1. The number of amides is 1. The van der Waals surface area contributed by atoms with Crippen LogP contribution < -0.4 is 10.5 Å². The van der Waals surface area contributed by atoms with Gasteiger partial charge in [0.1, 0.15) is 5.75 Å². The van der Waals surface area contributed by atoms with E-state index in [0.29, 0.717) is 11.4 Å². The zero-order chi connectivity index (χ0) is 18.8. The first-order valence-electron chi connectivity index (χ1n) is 9.27. The summed E-state index contributed by atoms with van der Waals surface area (Å²) in [5, 5.41) is 2.26. The molecule has 1 aliphatic heterocycles. The van der Waals surface area contributed by atoms with Gasteiger partial charge in [-0.1, -0.05) is 37.3 Å². The zero-order valence-electron chi connectivity index (χ0n) is 15.4. The molecule has 1 aliphatic rings. The minimum Gasteiger partial charge on any atom is -0.438 e. The molecule has 4 rings (SSSR count). The number of carbonyl (C=O) groups excluding carboxylic acids is 1. The summed E-state index contributed by atoms with van der Waals surface area (Å²) in [6.45, 7) is 5.58. The van der Waals surface area contributed by atoms with Crippen molar-refractivity contribution < 1.29 is 9.53 Å². The van der Waals surface area contributed by atoms with E-state index in [1.54, 1.807) is 12.1 Å². The SMILES string of the molecule is C[C@H]1CCN(Cc2cccc3c(Oc4ccc(C(N)=O)cn4)cccc23)C1. The van der Waals surface area contributed by atoms with Crippen LogP contribution in [0, 0.1) is 5.92 Å². The second-order valence-corrected chi connectivity index (χ2v) is 7.25. The van der Waals surface area contributed by atoms with Gasteiger partial charge in [-0.15, -0.1) is 0 Å². The van der Waals surface area contributed by atoms with Crippen molar-refractivity contribution >= 4 is 16.7 Å². The normalized spacial score (nSPS) is 17.3. The number of nitrogens with zero attached hydrogens (tertiary/aromatic N) is 2. The number of hydrogen-bond donors (Lipinski definition) is 1. The van der Waals surface area contributed by atoms with Gasteiger partial charge in [0.25, 0.3) is 0 Å². The van der Waals surface area contributed by atoms with Crippen molar-refractivity contribution in [2.75, 3.05) is 13.1 Å². The lowest BCUT2D eigenvalue weighted by atomic mass is 10.0. The van der Waals surface area contributed by atoms with E-state index in [4.69, 9.17) is 10.5 Å². The molecule has 1 aromatic heterocycles. The molecule has 0 unspecified atom stereocenters. The van der Waals surface area contributed by atoms with Gasteiger partial charge in [0.05, 0.1) is 5.56 Å². The van der Waals surface area contributed by atoms with E-state index >= 15 is 0 Å². The molecule has 5 nitrogen and oxygen atoms in total. The van der Waals surface area contributed by atoms with Crippen LogP contribution in [0.3, 0.4) is 0 Å². The number of hydrogen-bond acceptors (Lipinski definition) is 4. The van der Waals surface area contributed by atoms with Crippen LogP contribution >= 0.6 is 0 Å². The highest BCUT2D eigenvalue weighted by Gasteiger charge is 2.19. The number of rotatable bonds is 5. The van der Waals surface area contributed by atoms with E-state index in [0.717, 1.165) is 36.7 Å². The van der Waals surface area contributed by atoms with Crippen LogP contribution in [-0.4, -0.2) is 28.9 Å². The number of ether oxygens (including phenoxy) is 1. The largest absolute Gasteiger partial charge is 0.438 e. The Kier molecular flexibility index (Phi) is 4.77. The van der Waals surface area contributed by atoms with Crippen molar-refractivity contribution in [3.8, 4) is 11.6 Å². The Morgan fingerprint density at radius 2 is 2.00 bits per heavy atom. The van der Waals surface area contributed by atoms with Crippen LogP contribution in [-0.2, 0) is 6.54 Å². The van der Waals surface area contributed by atoms with Crippen molar-refractivity contribution in [1.29, 1.82) is 0 Å². The predicted molar refractivity (Wildman–Crippen MR) is 106 cm³/mol. The molecule has 1 saturated heterocycles. The first-order valence-corrected chi connectivity index (χ1v) is 9.27. The molecule has 2 heterocycles. The van der Waals surface area contributed by atoms with Crippen LogP contribution in [0.1, 0.15) is 29.3 Å². The molecule has 1 atom stereocenters. The Morgan fingerprint density at radius 3 is 2.70 bits per heavy atom. The number of benzene rings is 2. The Labute approximate surface area is 158 Å². The highest BCUT2D eigenvalue weighted by atomic mass is 16.5. The fourth-order valence-corrected chi connectivity index (χ4v) is 3.68. The van der Waals surface area contributed by atoms with Crippen molar-refractivity contribution in [3.63, 3.8) is 0 Å². The van der Waals surface area contributed by atoms with Crippen LogP contribution in [0.25, 0.3) is 10.8 Å². The molecule has 0 radical (unpaired) electrons. The van der Waals surface area contributed by atoms with Gasteiger partial charge in [-0.3, -0.25) is 9.69 Å². The van der Waals surface area contributed by atoms with E-state index in [1.807, 2.05) is 12.1 Å². The second kappa shape index (κ2) is 7.37. The Hall–Kier alpha value is -2.92. The topological polar surface area (TPSA) is 68.5 Å². The maximum Gasteiger partial charge on any atom is 0.250 e. The first-order chi connectivity index (χ1) is 13.1. The molecule has 2 aromatic carbocycles. The first kappa shape index (κ1) is 17.5. The molecule has 0 aliphatic carbocycles. The fourth-order valence-electron chi connectivity index (χ4n) is 3.68. The maximum atomic E-state index is 11.2. The highest BCUT2D eigenvalue weighted by molar-refractivity contribution is 5.92. The Morgan fingerprint density at radius 1 is 1.19 bits per heavy atom. The third kappa shape index (κ3) is 3.78. The number of fused-ring (bicyclic) bond motifs is 1. The van der Waals surface area contributed by atoms with E-state index in [-0.39, 0.29) is 0 Å². The molecule has 0 bridgehead atoms. The molecule has 27 heavy (non-hydrogen) atoms. The van der Waals surface area contributed by atoms with Crippen LogP contribution in [0.5, 0.6) is 11.6 Å². The molecule has 138 valence electrons. The summed E-state index contributed by atoms with van der Waals surface area (Å²) in [4.78, 5) is 17.9. The third-order valence-electron chi connectivity index (χ3n) is 5.11. The van der Waals surface area contributed by atoms with Gasteiger partial charge >= 0.3 is 0 Å². The molecule has 0 saturated carbocycles. The lowest BCUT2D eigenvalue weighted by molar-refractivity contribution is 0.1000. The van der Waals surface area contributed by atoms with Gasteiger partial charge in [0.15, 0.2) is 0 Å². The molecular weight excluding hydrogens is 338 g/mol. The number of likely N-dealkylation sites (tertiary alicyclic amines) is 1. The Balaban J connectivity index is 1.62. The second-order valence-electron chi connectivity index (χ2n) is 7.25. The van der Waals surface area contributed by atoms with E-state index < -0.39 is 5.91 Å². The Bertz CT molecular complexity index is 969. The monoisotopic (exact) mass is 361 g/mol. The highest BCUT2D eigenvalue weighted by Crippen LogP contribution is 2.32. The van der Waals surface area contributed by atoms with Crippen molar-refractivity contribution in [2.24, 2.45) is 11.7 Å². The van der Waals surface area contributed by atoms with E-state index in [2.05, 4.69) is 41.1 Å². The maximum absolute atomic E-state index is 11.2. The number of carbonyl (C=O) groups is 1. The molecule has 0 spiro atoms. The van der Waals surface area contributed by atoms with Gasteiger partial charge < -0.3 is 10.5 Å². The summed E-state index contributed by atoms with van der Waals surface area (Å²) in [6, 6.07) is 15.7. The lowest BCUT2D eigenvalue weighted by Crippen LogP contribution is -2.19. The summed E-state index contributed by atoms with van der Waals surface area (Å²) >= 11 is 0.